The lowest BCUT2D eigenvalue weighted by atomic mass is 10.7. The molecule has 3 nitrogen and oxygen atoms in total. The van der Waals surface area contributed by atoms with Gasteiger partial charge in [0.2, 0.25) is 0 Å². The third kappa shape index (κ3) is 0.928. The zero-order valence-electron chi connectivity index (χ0n) is 13.5. The average Bonchev–Trinajstić information content (AvgIpc) is 2.85. The van der Waals surface area contributed by atoms with E-state index in [1.165, 1.54) is 11.8 Å². The molecule has 0 aromatic carbocycles. The van der Waals surface area contributed by atoms with E-state index in [2.05, 4.69) is 4.99 Å². The Bertz CT molecular complexity index is 148. The molecule has 1 heterocycles. The van der Waals surface area contributed by atoms with Crippen molar-refractivity contribution < 1.29 is 19.6 Å². The first-order valence-electron chi connectivity index (χ1n) is 6.79. The molecule has 0 aromatic heterocycles. The van der Waals surface area contributed by atoms with Crippen LogP contribution < -0.4 is 5.73 Å². The highest BCUT2D eigenvalue weighted by Crippen LogP contribution is 2.07. The summed E-state index contributed by atoms with van der Waals surface area (Å²) in [5.74, 6) is 0.300. The lowest BCUT2D eigenvalue weighted by molar-refractivity contribution is -0.115. The summed E-state index contributed by atoms with van der Waals surface area (Å²) in [6.07, 6.45) is 0. The van der Waals surface area contributed by atoms with E-state index in [0.717, 1.165) is 0 Å². The first-order valence-corrected chi connectivity index (χ1v) is 2.77. The van der Waals surface area contributed by atoms with Crippen molar-refractivity contribution in [2.75, 3.05) is 5.75 Å². The fourth-order valence-corrected chi connectivity index (χ4v) is 0.825. The molecule has 0 fully saturated rings. The van der Waals surface area contributed by atoms with Gasteiger partial charge in [0, 0.05) is 14.8 Å². The number of hydrogen-bond acceptors (Lipinski definition) is 3. The number of hydrogen-bond donors (Lipinski definition) is 1. The number of carbonyl (C=O) groups excluding carboxylic acids is 1. The van der Waals surface area contributed by atoms with Gasteiger partial charge in [-0.05, 0) is 0 Å². The number of thioether (sulfide) groups is 1. The minimum Gasteiger partial charge on any atom is -0.378 e. The Morgan fingerprint density at radius 2 is 2.86 bits per heavy atom. The minimum absolute atomic E-state index is 0.123. The van der Waals surface area contributed by atoms with E-state index in [4.69, 9.17) is 20.6 Å². The maximum Gasteiger partial charge on any atom is 0.258 e. The van der Waals surface area contributed by atoms with E-state index in [1.807, 2.05) is 0 Å². The SMILES string of the molecule is NC1=NC(=O)CS1.[2H][2H].[2H][2H].[2H][2H].[2H][2H].[2H][2H]. The summed E-state index contributed by atoms with van der Waals surface area (Å²) in [5.41, 5.74) is 5.12. The third-order valence-corrected chi connectivity index (χ3v) is 1.36. The maximum atomic E-state index is 10.2. The van der Waals surface area contributed by atoms with Crippen molar-refractivity contribution in [2.24, 2.45) is 10.7 Å². The van der Waals surface area contributed by atoms with E-state index in [-0.39, 0.29) is 5.91 Å². The van der Waals surface area contributed by atoms with Crippen molar-refractivity contribution in [1.82, 2.24) is 0 Å². The quantitative estimate of drug-likeness (QED) is 0.536. The molecule has 0 spiro atoms. The molecule has 0 saturated carbocycles. The molecule has 0 bridgehead atoms. The van der Waals surface area contributed by atoms with Crippen LogP contribution in [0.1, 0.15) is 14.8 Å². The highest BCUT2D eigenvalue weighted by atomic mass is 32.2. The number of aliphatic imine (C=N–C) groups is 1. The molecule has 2 N–H and O–H groups in total. The van der Waals surface area contributed by atoms with Crippen molar-refractivity contribution >= 4 is 22.8 Å². The molecule has 0 radical (unpaired) electrons. The van der Waals surface area contributed by atoms with Gasteiger partial charge in [0.05, 0.1) is 5.75 Å². The minimum atomic E-state index is -0.123. The van der Waals surface area contributed by atoms with E-state index >= 15 is 0 Å². The summed E-state index contributed by atoms with van der Waals surface area (Å²) in [6, 6.07) is 0. The number of nitrogens with zero attached hydrogens (tertiary/aromatic N) is 1. The van der Waals surface area contributed by atoms with Gasteiger partial charge in [-0.1, -0.05) is 11.8 Å². The Labute approximate surface area is 60.4 Å². The van der Waals surface area contributed by atoms with Gasteiger partial charge in [-0.2, -0.15) is 4.99 Å². The van der Waals surface area contributed by atoms with Gasteiger partial charge in [-0.25, -0.2) is 0 Å². The Hall–Kier alpha value is -0.510. The molecule has 1 aliphatic heterocycles. The number of amidine groups is 1. The second-order valence-corrected chi connectivity index (χ2v) is 2.13. The van der Waals surface area contributed by atoms with Crippen LogP contribution in [0.5, 0.6) is 0 Å². The first kappa shape index (κ1) is 1.48. The third-order valence-electron chi connectivity index (χ3n) is 0.578. The Balaban J connectivity index is -0.0000000413. The van der Waals surface area contributed by atoms with Crippen LogP contribution in [0.4, 0.5) is 0 Å². The van der Waals surface area contributed by atoms with Gasteiger partial charge in [0.25, 0.3) is 5.91 Å². The van der Waals surface area contributed by atoms with Crippen molar-refractivity contribution in [2.45, 2.75) is 0 Å². The summed E-state index contributed by atoms with van der Waals surface area (Å²) < 4.78 is 50.0. The predicted molar refractivity (Wildman–Crippen MR) is 39.7 cm³/mol. The van der Waals surface area contributed by atoms with Crippen molar-refractivity contribution in [3.63, 3.8) is 0 Å². The van der Waals surface area contributed by atoms with Gasteiger partial charge in [-0.15, -0.1) is 0 Å². The van der Waals surface area contributed by atoms with E-state index in [9.17, 15) is 4.79 Å². The number of rotatable bonds is 0. The lowest BCUT2D eigenvalue weighted by Crippen LogP contribution is -2.01. The van der Waals surface area contributed by atoms with E-state index in [0.29, 0.717) is 10.9 Å². The summed E-state index contributed by atoms with van der Waals surface area (Å²) in [7, 11) is 0. The smallest absolute Gasteiger partial charge is 0.258 e. The number of amides is 1. The normalized spacial score (nSPS) is 25.7. The molecule has 1 amide bonds. The average molecular weight is 136 g/mol. The van der Waals surface area contributed by atoms with Gasteiger partial charge in [0.1, 0.15) is 0 Å². The molecule has 1 aliphatic rings. The molecule has 0 saturated heterocycles. The first-order chi connectivity index (χ1) is 8.29. The van der Waals surface area contributed by atoms with Crippen LogP contribution in [-0.4, -0.2) is 16.8 Å². The van der Waals surface area contributed by atoms with Crippen LogP contribution in [-0.2, 0) is 4.79 Å². The molecule has 1 rings (SSSR count). The van der Waals surface area contributed by atoms with Gasteiger partial charge < -0.3 is 5.73 Å². The summed E-state index contributed by atoms with van der Waals surface area (Å²) in [4.78, 5) is 13.6. The van der Waals surface area contributed by atoms with Gasteiger partial charge in [0.15, 0.2) is 5.17 Å². The molecule has 4 heteroatoms. The van der Waals surface area contributed by atoms with E-state index in [1.54, 1.807) is 0 Å². The van der Waals surface area contributed by atoms with Crippen molar-refractivity contribution in [1.29, 1.82) is 0 Å². The summed E-state index contributed by atoms with van der Waals surface area (Å²) in [6.45, 7) is 0. The summed E-state index contributed by atoms with van der Waals surface area (Å²) in [5, 5.41) is 0.394. The molecule has 7 heavy (non-hydrogen) atoms. The Morgan fingerprint density at radius 3 is 3.00 bits per heavy atom. The molecule has 0 atom stereocenters. The number of carbonyl (C=O) groups is 1. The van der Waals surface area contributed by atoms with Crippen LogP contribution in [0.25, 0.3) is 0 Å². The second kappa shape index (κ2) is 1.54. The number of nitrogens with two attached hydrogens (primary N) is 1. The highest BCUT2D eigenvalue weighted by molar-refractivity contribution is 8.14. The van der Waals surface area contributed by atoms with Crippen LogP contribution in [0, 0.1) is 0 Å². The fourth-order valence-electron chi connectivity index (χ4n) is 0.323. The molecule has 0 aliphatic carbocycles. The molecule has 0 aromatic rings. The van der Waals surface area contributed by atoms with Crippen LogP contribution in [0.15, 0.2) is 4.99 Å². The Kier molecular flexibility index (Phi) is 0.325. The standard InChI is InChI=1S/C3H4N2OS.5H2/c4-3-5-2(6)1-7-3;;;;;/h1H2,(H2,4,5,6);5*1H/i;5*1+1D. The lowest BCUT2D eigenvalue weighted by Gasteiger charge is -1.76. The topological polar surface area (TPSA) is 55.4 Å². The fraction of sp³-hybridized carbons (Fsp3) is 0.333. The van der Waals surface area contributed by atoms with Crippen molar-refractivity contribution in [3.05, 3.63) is 0 Å². The molecular weight excluding hydrogens is 112 g/mol. The Morgan fingerprint density at radius 1 is 2.14 bits per heavy atom. The van der Waals surface area contributed by atoms with E-state index < -0.39 is 0 Å². The largest absolute Gasteiger partial charge is 0.378 e. The zero-order valence-corrected chi connectivity index (χ0v) is 4.36. The van der Waals surface area contributed by atoms with Crippen LogP contribution in [0.3, 0.4) is 0 Å². The summed E-state index contributed by atoms with van der Waals surface area (Å²) >= 11 is 1.28. The van der Waals surface area contributed by atoms with Crippen LogP contribution in [0.2, 0.25) is 0 Å². The second-order valence-electron chi connectivity index (χ2n) is 1.13. The maximum absolute atomic E-state index is 10.2. The zero-order chi connectivity index (χ0) is 15.3. The molecule has 48 valence electrons. The van der Waals surface area contributed by atoms with Crippen molar-refractivity contribution in [3.8, 4) is 0 Å². The highest BCUT2D eigenvalue weighted by Gasteiger charge is 2.09. The van der Waals surface area contributed by atoms with Gasteiger partial charge >= 0.3 is 0 Å². The van der Waals surface area contributed by atoms with Gasteiger partial charge in [-0.3, -0.25) is 4.79 Å². The predicted octanol–water partition coefficient (Wildman–Crippen LogP) is 0.805. The molecule has 0 unspecified atom stereocenters. The molecular formula is C3H14N2OS. The van der Waals surface area contributed by atoms with Crippen LogP contribution >= 0.6 is 11.8 Å². The monoisotopic (exact) mass is 136 g/mol.